The Hall–Kier alpha value is -5.06. The number of anilines is 1. The Bertz CT molecular complexity index is 2090. The number of pyridine rings is 2. The third-order valence-electron chi connectivity index (χ3n) is 7.98. The van der Waals surface area contributed by atoms with Gasteiger partial charge in [0.25, 0.3) is 15.9 Å². The zero-order valence-corrected chi connectivity index (χ0v) is 24.7. The highest BCUT2D eigenvalue weighted by Gasteiger charge is 2.24. The van der Waals surface area contributed by atoms with Crippen LogP contribution in [0.1, 0.15) is 23.2 Å². The Kier molecular flexibility index (Phi) is 7.07. The summed E-state index contributed by atoms with van der Waals surface area (Å²) in [5.41, 5.74) is 8.61. The maximum Gasteiger partial charge on any atom is 0.274 e. The van der Waals surface area contributed by atoms with Gasteiger partial charge in [0.1, 0.15) is 5.65 Å². The summed E-state index contributed by atoms with van der Waals surface area (Å²) < 4.78 is 28.1. The van der Waals surface area contributed by atoms with Crippen LogP contribution >= 0.6 is 0 Å². The zero-order chi connectivity index (χ0) is 30.3. The van der Waals surface area contributed by atoms with Crippen molar-refractivity contribution in [3.63, 3.8) is 0 Å². The van der Waals surface area contributed by atoms with E-state index in [9.17, 15) is 13.2 Å². The van der Waals surface area contributed by atoms with Crippen LogP contribution in [-0.2, 0) is 14.9 Å². The van der Waals surface area contributed by atoms with E-state index in [-0.39, 0.29) is 10.8 Å². The van der Waals surface area contributed by atoms with Gasteiger partial charge in [-0.05, 0) is 84.5 Å². The number of H-pyrrole nitrogens is 1. The molecule has 44 heavy (non-hydrogen) atoms. The fraction of sp³-hybridized carbons (Fsp3) is 0.147. The lowest BCUT2D eigenvalue weighted by Gasteiger charge is -2.20. The Balaban J connectivity index is 1.33. The van der Waals surface area contributed by atoms with Crippen LogP contribution in [-0.4, -0.2) is 42.9 Å². The predicted molar refractivity (Wildman–Crippen MR) is 170 cm³/mol. The van der Waals surface area contributed by atoms with Crippen LogP contribution in [0.25, 0.3) is 44.2 Å². The van der Waals surface area contributed by atoms with Gasteiger partial charge in [-0.25, -0.2) is 18.9 Å². The van der Waals surface area contributed by atoms with E-state index in [1.807, 2.05) is 42.6 Å². The quantitative estimate of drug-likeness (QED) is 0.186. The van der Waals surface area contributed by atoms with Crippen LogP contribution in [0.5, 0.6) is 0 Å². The molecule has 1 saturated carbocycles. The highest BCUT2D eigenvalue weighted by molar-refractivity contribution is 7.92. The van der Waals surface area contributed by atoms with Crippen LogP contribution in [0, 0.1) is 5.92 Å². The normalized spacial score (nSPS) is 13.3. The lowest BCUT2D eigenvalue weighted by atomic mass is 9.93. The monoisotopic (exact) mass is 603 g/mol. The molecule has 0 bridgehead atoms. The van der Waals surface area contributed by atoms with Gasteiger partial charge in [-0.3, -0.25) is 18.9 Å². The average molecular weight is 604 g/mol. The maximum atomic E-state index is 13.4. The average Bonchev–Trinajstić information content (AvgIpc) is 3.82. The molecule has 0 aliphatic heterocycles. The number of fused-ring (bicyclic) bond motifs is 3. The summed E-state index contributed by atoms with van der Waals surface area (Å²) in [6.45, 7) is 0.533. The molecule has 1 aliphatic carbocycles. The van der Waals surface area contributed by atoms with Crippen molar-refractivity contribution in [3.8, 4) is 22.3 Å². The van der Waals surface area contributed by atoms with Crippen molar-refractivity contribution in [1.29, 1.82) is 0 Å². The van der Waals surface area contributed by atoms with E-state index in [2.05, 4.69) is 15.4 Å². The first-order valence-corrected chi connectivity index (χ1v) is 15.8. The third kappa shape index (κ3) is 5.18. The van der Waals surface area contributed by atoms with Crippen LogP contribution in [0.3, 0.4) is 0 Å². The second kappa shape index (κ2) is 11.2. The molecule has 1 fully saturated rings. The van der Waals surface area contributed by atoms with Crippen LogP contribution in [0.4, 0.5) is 5.69 Å². The molecule has 0 spiro atoms. The summed E-state index contributed by atoms with van der Waals surface area (Å²) in [6.07, 6.45) is 7.57. The van der Waals surface area contributed by atoms with Crippen molar-refractivity contribution >= 4 is 43.6 Å². The number of aromatic nitrogens is 3. The molecular weight excluding hydrogens is 574 g/mol. The lowest BCUT2D eigenvalue weighted by molar-refractivity contribution is 0.0270. The van der Waals surface area contributed by atoms with Gasteiger partial charge in [0, 0.05) is 58.6 Å². The molecule has 1 aliphatic rings. The summed E-state index contributed by atoms with van der Waals surface area (Å²) in [7, 11) is -2.22. The number of nitrogens with one attached hydrogen (secondary N) is 2. The summed E-state index contributed by atoms with van der Waals surface area (Å²) in [4.78, 5) is 30.6. The van der Waals surface area contributed by atoms with Crippen LogP contribution < -0.4 is 9.79 Å². The molecule has 220 valence electrons. The fourth-order valence-corrected chi connectivity index (χ4v) is 6.54. The first-order valence-electron chi connectivity index (χ1n) is 14.3. The number of nitrogens with zero attached hydrogens (tertiary/aromatic N) is 3. The topological polar surface area (TPSA) is 117 Å². The largest absolute Gasteiger partial charge is 0.339 e. The van der Waals surface area contributed by atoms with Gasteiger partial charge in [0.2, 0.25) is 0 Å². The third-order valence-corrected chi connectivity index (χ3v) is 9.78. The second-order valence-corrected chi connectivity index (χ2v) is 12.9. The van der Waals surface area contributed by atoms with Crippen molar-refractivity contribution in [1.82, 2.24) is 20.4 Å². The Labute approximate surface area is 254 Å². The van der Waals surface area contributed by atoms with E-state index in [0.717, 1.165) is 51.4 Å². The van der Waals surface area contributed by atoms with Gasteiger partial charge in [-0.2, -0.15) is 0 Å². The van der Waals surface area contributed by atoms with Crippen LogP contribution in [0.15, 0.2) is 108 Å². The first kappa shape index (κ1) is 27.8. The molecule has 0 unspecified atom stereocenters. The fourth-order valence-electron chi connectivity index (χ4n) is 5.34. The van der Waals surface area contributed by atoms with Crippen LogP contribution in [0.2, 0.25) is 0 Å². The molecule has 0 saturated heterocycles. The second-order valence-electron chi connectivity index (χ2n) is 10.9. The van der Waals surface area contributed by atoms with Gasteiger partial charge in [-0.1, -0.05) is 30.3 Å². The number of carbonyl (C=O) groups excluding carboxylic acids is 1. The maximum absolute atomic E-state index is 13.4. The standard InChI is InChI=1S/C34H29N5O4S/c1-39(44(41,42)27-5-3-2-4-6-27)26-13-14-30-28(19-26)32-31(24-15-17-35-18-16-24)29(20-36-33(32)37-30)23-9-11-25(12-10-23)34(40)38-43-21-22-7-8-22/h2-6,9-20,22H,7-8,21H2,1H3,(H,36,37)(H,38,40). The minimum atomic E-state index is -3.77. The minimum absolute atomic E-state index is 0.217. The molecule has 9 nitrogen and oxygen atoms in total. The number of amides is 1. The highest BCUT2D eigenvalue weighted by Crippen LogP contribution is 2.41. The summed E-state index contributed by atoms with van der Waals surface area (Å²) >= 11 is 0. The van der Waals surface area contributed by atoms with Gasteiger partial charge in [0.05, 0.1) is 17.2 Å². The molecule has 3 aromatic carbocycles. The number of rotatable bonds is 9. The van der Waals surface area contributed by atoms with E-state index in [1.165, 1.54) is 4.31 Å². The molecule has 7 rings (SSSR count). The SMILES string of the molecule is CN(c1ccc2[nH]c3ncc(-c4ccc(C(=O)NOCC5CC5)cc4)c(-c4ccncc4)c3c2c1)S(=O)(=O)c1ccccc1. The zero-order valence-electron chi connectivity index (χ0n) is 23.9. The molecule has 3 heterocycles. The van der Waals surface area contributed by atoms with Crippen molar-refractivity contribution in [2.24, 2.45) is 5.92 Å². The van der Waals surface area contributed by atoms with Gasteiger partial charge in [-0.15, -0.1) is 0 Å². The number of hydrogen-bond acceptors (Lipinski definition) is 6. The smallest absolute Gasteiger partial charge is 0.274 e. The van der Waals surface area contributed by atoms with Gasteiger partial charge < -0.3 is 4.98 Å². The number of benzene rings is 3. The van der Waals surface area contributed by atoms with Gasteiger partial charge in [0.15, 0.2) is 0 Å². The minimum Gasteiger partial charge on any atom is -0.339 e. The van der Waals surface area contributed by atoms with E-state index in [0.29, 0.717) is 29.4 Å². The first-order chi connectivity index (χ1) is 21.4. The molecule has 3 aromatic heterocycles. The number of aromatic amines is 1. The lowest BCUT2D eigenvalue weighted by Crippen LogP contribution is -2.26. The van der Waals surface area contributed by atoms with Crippen molar-refractivity contribution < 1.29 is 18.0 Å². The number of carbonyl (C=O) groups is 1. The van der Waals surface area contributed by atoms with E-state index >= 15 is 0 Å². The Morgan fingerprint density at radius 3 is 2.45 bits per heavy atom. The molecular formula is C34H29N5O4S. The van der Waals surface area contributed by atoms with E-state index in [1.54, 1.807) is 68.0 Å². The Morgan fingerprint density at radius 1 is 0.977 bits per heavy atom. The van der Waals surface area contributed by atoms with Crippen molar-refractivity contribution in [2.45, 2.75) is 17.7 Å². The summed E-state index contributed by atoms with van der Waals surface area (Å²) in [6, 6.07) is 25.1. The van der Waals surface area contributed by atoms with E-state index < -0.39 is 10.0 Å². The number of hydrogen-bond donors (Lipinski definition) is 2. The van der Waals surface area contributed by atoms with E-state index in [4.69, 9.17) is 9.82 Å². The summed E-state index contributed by atoms with van der Waals surface area (Å²) in [5, 5.41) is 1.68. The van der Waals surface area contributed by atoms with Gasteiger partial charge >= 0.3 is 0 Å². The molecule has 6 aromatic rings. The molecule has 10 heteroatoms. The molecule has 0 radical (unpaired) electrons. The number of hydroxylamine groups is 1. The number of sulfonamides is 1. The highest BCUT2D eigenvalue weighted by atomic mass is 32.2. The Morgan fingerprint density at radius 2 is 1.73 bits per heavy atom. The molecule has 2 N–H and O–H groups in total. The molecule has 1 amide bonds. The summed E-state index contributed by atoms with van der Waals surface area (Å²) in [5.74, 6) is 0.250. The predicted octanol–water partition coefficient (Wildman–Crippen LogP) is 6.34. The molecule has 0 atom stereocenters. The van der Waals surface area contributed by atoms with Crippen molar-refractivity contribution in [2.75, 3.05) is 18.0 Å². The van der Waals surface area contributed by atoms with Crippen molar-refractivity contribution in [3.05, 3.63) is 109 Å².